The van der Waals surface area contributed by atoms with E-state index in [9.17, 15) is 9.59 Å². The van der Waals surface area contributed by atoms with Crippen molar-refractivity contribution in [2.75, 3.05) is 14.2 Å². The van der Waals surface area contributed by atoms with Crippen LogP contribution < -0.4 is 25.5 Å². The molecule has 0 unspecified atom stereocenters. The number of H-pyrrole nitrogens is 1. The number of ether oxygens (including phenoxy) is 3. The van der Waals surface area contributed by atoms with Crippen molar-refractivity contribution in [1.29, 1.82) is 0 Å². The normalized spacial score (nSPS) is 10.9. The summed E-state index contributed by atoms with van der Waals surface area (Å²) in [5, 5.41) is 0. The molecule has 0 aliphatic heterocycles. The summed E-state index contributed by atoms with van der Waals surface area (Å²) >= 11 is 0. The number of aryl methyl sites for hydroxylation is 2. The molecule has 164 valence electrons. The first-order chi connectivity index (χ1) is 14.7. The zero-order valence-corrected chi connectivity index (χ0v) is 18.7. The Morgan fingerprint density at radius 1 is 0.871 bits per heavy atom. The van der Waals surface area contributed by atoms with Crippen molar-refractivity contribution in [3.05, 3.63) is 79.5 Å². The molecule has 7 heteroatoms. The van der Waals surface area contributed by atoms with Crippen LogP contribution in [0.4, 0.5) is 0 Å². The third-order valence-electron chi connectivity index (χ3n) is 4.92. The summed E-state index contributed by atoms with van der Waals surface area (Å²) < 4.78 is 18.3. The van der Waals surface area contributed by atoms with Gasteiger partial charge in [0.1, 0.15) is 17.2 Å². The average molecular weight is 424 g/mol. The SMILES string of the molecule is COc1cc(Cn2c(Oc3cc(C)cc(C)c3)c(C(C)C)c(=O)[nH]c2=O)cc(OC)c1. The minimum atomic E-state index is -0.546. The lowest BCUT2D eigenvalue weighted by atomic mass is 10.1. The molecular weight excluding hydrogens is 396 g/mol. The van der Waals surface area contributed by atoms with E-state index in [1.54, 1.807) is 20.3 Å². The van der Waals surface area contributed by atoms with Gasteiger partial charge in [0.2, 0.25) is 5.88 Å². The Bertz CT molecular complexity index is 1170. The van der Waals surface area contributed by atoms with Crippen LogP contribution in [-0.2, 0) is 6.54 Å². The second kappa shape index (κ2) is 9.12. The van der Waals surface area contributed by atoms with E-state index in [0.29, 0.717) is 22.8 Å². The molecule has 7 nitrogen and oxygen atoms in total. The van der Waals surface area contributed by atoms with Crippen molar-refractivity contribution in [2.24, 2.45) is 0 Å². The van der Waals surface area contributed by atoms with Crippen LogP contribution in [-0.4, -0.2) is 23.8 Å². The zero-order valence-electron chi connectivity index (χ0n) is 18.7. The van der Waals surface area contributed by atoms with E-state index in [-0.39, 0.29) is 18.3 Å². The van der Waals surface area contributed by atoms with E-state index >= 15 is 0 Å². The van der Waals surface area contributed by atoms with Crippen molar-refractivity contribution in [1.82, 2.24) is 9.55 Å². The third kappa shape index (κ3) is 4.99. The number of aromatic amines is 1. The van der Waals surface area contributed by atoms with E-state index in [4.69, 9.17) is 14.2 Å². The number of hydrogen-bond acceptors (Lipinski definition) is 5. The van der Waals surface area contributed by atoms with Crippen LogP contribution >= 0.6 is 0 Å². The Hall–Kier alpha value is -3.48. The quantitative estimate of drug-likeness (QED) is 0.617. The standard InChI is InChI=1S/C24H28N2O5/c1-14(2)21-22(27)25-24(28)26(13-17-10-18(29-5)12-19(11-17)30-6)23(21)31-20-8-15(3)7-16(4)9-20/h7-12,14H,13H2,1-6H3,(H,25,27,28). The van der Waals surface area contributed by atoms with Crippen molar-refractivity contribution in [3.63, 3.8) is 0 Å². The molecule has 1 heterocycles. The molecule has 2 aromatic carbocycles. The van der Waals surface area contributed by atoms with Crippen LogP contribution in [0.1, 0.15) is 42.0 Å². The first-order valence-corrected chi connectivity index (χ1v) is 10.1. The average Bonchev–Trinajstić information content (AvgIpc) is 2.69. The first kappa shape index (κ1) is 22.2. The molecule has 0 amide bonds. The molecule has 0 bridgehead atoms. The number of rotatable bonds is 7. The first-order valence-electron chi connectivity index (χ1n) is 10.1. The van der Waals surface area contributed by atoms with Gasteiger partial charge in [-0.1, -0.05) is 19.9 Å². The number of nitrogens with one attached hydrogen (secondary N) is 1. The van der Waals surface area contributed by atoms with Gasteiger partial charge in [-0.2, -0.15) is 0 Å². The molecule has 3 aromatic rings. The van der Waals surface area contributed by atoms with Crippen LogP contribution in [0, 0.1) is 13.8 Å². The van der Waals surface area contributed by atoms with Gasteiger partial charge in [0.25, 0.3) is 5.56 Å². The summed E-state index contributed by atoms with van der Waals surface area (Å²) in [4.78, 5) is 27.9. The van der Waals surface area contributed by atoms with Crippen molar-refractivity contribution < 1.29 is 14.2 Å². The lowest BCUT2D eigenvalue weighted by Crippen LogP contribution is -2.34. The molecular formula is C24H28N2O5. The van der Waals surface area contributed by atoms with E-state index in [1.165, 1.54) is 4.57 Å². The number of nitrogens with zero attached hydrogens (tertiary/aromatic N) is 1. The molecule has 0 saturated heterocycles. The molecule has 0 aliphatic carbocycles. The topological polar surface area (TPSA) is 82.5 Å². The van der Waals surface area contributed by atoms with Crippen molar-refractivity contribution in [3.8, 4) is 23.1 Å². The van der Waals surface area contributed by atoms with Crippen LogP contribution in [0.5, 0.6) is 23.1 Å². The summed E-state index contributed by atoms with van der Waals surface area (Å²) in [7, 11) is 3.13. The minimum Gasteiger partial charge on any atom is -0.497 e. The van der Waals surface area contributed by atoms with Gasteiger partial charge in [0, 0.05) is 6.07 Å². The molecule has 0 fully saturated rings. The Morgan fingerprint density at radius 3 is 1.97 bits per heavy atom. The van der Waals surface area contributed by atoms with E-state index in [1.807, 2.05) is 58.0 Å². The van der Waals surface area contributed by atoms with Crippen LogP contribution in [0.3, 0.4) is 0 Å². The van der Waals surface area contributed by atoms with Gasteiger partial charge in [-0.15, -0.1) is 0 Å². The van der Waals surface area contributed by atoms with Crippen LogP contribution in [0.2, 0.25) is 0 Å². The summed E-state index contributed by atoms with van der Waals surface area (Å²) in [5.74, 6) is 1.86. The predicted octanol–water partition coefficient (Wildman–Crippen LogP) is 4.13. The van der Waals surface area contributed by atoms with Crippen molar-refractivity contribution in [2.45, 2.75) is 40.2 Å². The van der Waals surface area contributed by atoms with Crippen molar-refractivity contribution >= 4 is 0 Å². The number of methoxy groups -OCH3 is 2. The Balaban J connectivity index is 2.19. The zero-order chi connectivity index (χ0) is 22.7. The molecule has 0 atom stereocenters. The highest BCUT2D eigenvalue weighted by Crippen LogP contribution is 2.30. The second-order valence-corrected chi connectivity index (χ2v) is 7.87. The second-order valence-electron chi connectivity index (χ2n) is 7.87. The van der Waals surface area contributed by atoms with Gasteiger partial charge in [0.15, 0.2) is 0 Å². The van der Waals surface area contributed by atoms with Gasteiger partial charge in [-0.25, -0.2) is 4.79 Å². The molecule has 31 heavy (non-hydrogen) atoms. The smallest absolute Gasteiger partial charge is 0.331 e. The highest BCUT2D eigenvalue weighted by atomic mass is 16.5. The fourth-order valence-corrected chi connectivity index (χ4v) is 3.57. The monoisotopic (exact) mass is 424 g/mol. The van der Waals surface area contributed by atoms with E-state index in [0.717, 1.165) is 16.7 Å². The number of benzene rings is 2. The predicted molar refractivity (Wildman–Crippen MR) is 120 cm³/mol. The molecule has 0 aliphatic rings. The Labute approximate surface area is 181 Å². The third-order valence-corrected chi connectivity index (χ3v) is 4.92. The fraction of sp³-hybridized carbons (Fsp3) is 0.333. The number of hydrogen-bond donors (Lipinski definition) is 1. The molecule has 0 saturated carbocycles. The van der Waals surface area contributed by atoms with E-state index in [2.05, 4.69) is 4.98 Å². The van der Waals surface area contributed by atoms with Crippen LogP contribution in [0.25, 0.3) is 0 Å². The van der Waals surface area contributed by atoms with Gasteiger partial charge in [-0.3, -0.25) is 14.3 Å². The van der Waals surface area contributed by atoms with Gasteiger partial charge in [-0.05, 0) is 60.7 Å². The maximum absolute atomic E-state index is 12.8. The van der Waals surface area contributed by atoms with Crippen LogP contribution in [0.15, 0.2) is 46.0 Å². The minimum absolute atomic E-state index is 0.156. The largest absolute Gasteiger partial charge is 0.497 e. The highest BCUT2D eigenvalue weighted by molar-refractivity contribution is 5.41. The maximum Gasteiger partial charge on any atom is 0.331 e. The molecule has 1 N–H and O–H groups in total. The summed E-state index contributed by atoms with van der Waals surface area (Å²) in [6, 6.07) is 11.2. The van der Waals surface area contributed by atoms with Gasteiger partial charge in [0.05, 0.1) is 26.3 Å². The summed E-state index contributed by atoms with van der Waals surface area (Å²) in [5.41, 5.74) is 2.24. The lowest BCUT2D eigenvalue weighted by Gasteiger charge is -2.19. The Kier molecular flexibility index (Phi) is 6.53. The molecule has 3 rings (SSSR count). The van der Waals surface area contributed by atoms with E-state index < -0.39 is 11.2 Å². The lowest BCUT2D eigenvalue weighted by molar-refractivity contribution is 0.391. The molecule has 1 aromatic heterocycles. The maximum atomic E-state index is 12.8. The van der Waals surface area contributed by atoms with Gasteiger partial charge < -0.3 is 14.2 Å². The fourth-order valence-electron chi connectivity index (χ4n) is 3.57. The number of aromatic nitrogens is 2. The molecule has 0 radical (unpaired) electrons. The molecule has 0 spiro atoms. The highest BCUT2D eigenvalue weighted by Gasteiger charge is 2.21. The summed E-state index contributed by atoms with van der Waals surface area (Å²) in [6.07, 6.45) is 0. The summed E-state index contributed by atoms with van der Waals surface area (Å²) in [6.45, 7) is 7.89. The Morgan fingerprint density at radius 2 is 1.45 bits per heavy atom. The van der Waals surface area contributed by atoms with Gasteiger partial charge >= 0.3 is 5.69 Å².